The van der Waals surface area contributed by atoms with Gasteiger partial charge in [0.1, 0.15) is 0 Å². The van der Waals surface area contributed by atoms with Gasteiger partial charge in [0.2, 0.25) is 5.91 Å². The monoisotopic (exact) mass is 688 g/mol. The fourth-order valence-corrected chi connectivity index (χ4v) is 12.7. The fraction of sp³-hybridized carbons (Fsp3) is 0.698. The van der Waals surface area contributed by atoms with E-state index >= 15 is 0 Å². The second-order valence-electron chi connectivity index (χ2n) is 17.7. The van der Waals surface area contributed by atoms with E-state index in [0.29, 0.717) is 48.2 Å². The molecule has 0 radical (unpaired) electrons. The Balaban J connectivity index is 0.00000156. The van der Waals surface area contributed by atoms with Gasteiger partial charge in [-0.2, -0.15) is 0 Å². The maximum absolute atomic E-state index is 14.0. The summed E-state index contributed by atoms with van der Waals surface area (Å²) in [4.78, 5) is 38.8. The molecule has 7 nitrogen and oxygen atoms in total. The Labute approximate surface area is 301 Å². The Morgan fingerprint density at radius 1 is 0.920 bits per heavy atom. The summed E-state index contributed by atoms with van der Waals surface area (Å²) in [6.07, 6.45) is 15.6. The van der Waals surface area contributed by atoms with Crippen LogP contribution in [-0.2, 0) is 9.59 Å². The van der Waals surface area contributed by atoms with E-state index in [9.17, 15) is 24.6 Å². The molecule has 0 bridgehead atoms. The van der Waals surface area contributed by atoms with Gasteiger partial charge in [-0.3, -0.25) is 14.5 Å². The number of aromatic carboxylic acids is 1. The predicted octanol–water partition coefficient (Wildman–Crippen LogP) is 8.95. The number of rotatable bonds is 9. The fourth-order valence-electron chi connectivity index (χ4n) is 12.7. The average molecular weight is 689 g/mol. The molecule has 4 saturated carbocycles. The predicted molar refractivity (Wildman–Crippen MR) is 201 cm³/mol. The Hall–Kier alpha value is -2.93. The van der Waals surface area contributed by atoms with Crippen LogP contribution in [0.15, 0.2) is 43.0 Å². The van der Waals surface area contributed by atoms with Gasteiger partial charge in [0.05, 0.1) is 17.5 Å². The van der Waals surface area contributed by atoms with E-state index in [1.165, 1.54) is 31.3 Å². The molecule has 3 N–H and O–H groups in total. The zero-order chi connectivity index (χ0) is 36.6. The lowest BCUT2D eigenvalue weighted by atomic mass is 9.36. The van der Waals surface area contributed by atoms with Crippen molar-refractivity contribution >= 4 is 23.4 Å². The highest BCUT2D eigenvalue weighted by molar-refractivity contribution is 5.88. The number of carboxylic acids is 2. The van der Waals surface area contributed by atoms with Crippen LogP contribution in [0.25, 0.3) is 5.57 Å². The first-order valence-corrected chi connectivity index (χ1v) is 19.4. The summed E-state index contributed by atoms with van der Waals surface area (Å²) in [6.45, 7) is 20.4. The van der Waals surface area contributed by atoms with Gasteiger partial charge < -0.3 is 15.5 Å². The number of carbonyl (C=O) groups excluding carboxylic acids is 1. The third kappa shape index (κ3) is 6.61. The first-order chi connectivity index (χ1) is 23.6. The maximum Gasteiger partial charge on any atom is 0.335 e. The highest BCUT2D eigenvalue weighted by Gasteiger charge is 2.66. The molecule has 0 saturated heterocycles. The number of benzene rings is 1. The van der Waals surface area contributed by atoms with Crippen molar-refractivity contribution in [3.8, 4) is 0 Å². The molecule has 0 heterocycles. The smallest absolute Gasteiger partial charge is 0.335 e. The highest BCUT2D eigenvalue weighted by atomic mass is 16.4. The van der Waals surface area contributed by atoms with E-state index in [2.05, 4.69) is 45.7 Å². The molecular weight excluding hydrogens is 624 g/mol. The molecule has 7 heteroatoms. The van der Waals surface area contributed by atoms with Gasteiger partial charge in [0.25, 0.3) is 0 Å². The zero-order valence-electron chi connectivity index (χ0n) is 31.9. The molecule has 1 aromatic rings. The highest BCUT2D eigenvalue weighted by Crippen LogP contribution is 2.73. The van der Waals surface area contributed by atoms with Gasteiger partial charge in [-0.15, -0.1) is 6.58 Å². The topological polar surface area (TPSA) is 107 Å². The molecule has 0 aromatic heterocycles. The van der Waals surface area contributed by atoms with Crippen LogP contribution in [0.4, 0.5) is 0 Å². The van der Waals surface area contributed by atoms with Crippen molar-refractivity contribution in [1.29, 1.82) is 0 Å². The lowest BCUT2D eigenvalue weighted by Crippen LogP contribution is -2.62. The quantitative estimate of drug-likeness (QED) is 0.224. The summed E-state index contributed by atoms with van der Waals surface area (Å²) in [5, 5.41) is 22.0. The van der Waals surface area contributed by atoms with Crippen LogP contribution in [0.2, 0.25) is 0 Å². The molecule has 1 aromatic carbocycles. The van der Waals surface area contributed by atoms with Gasteiger partial charge in [-0.05, 0) is 148 Å². The van der Waals surface area contributed by atoms with Crippen LogP contribution >= 0.6 is 0 Å². The number of nitrogens with zero attached hydrogens (tertiary/aromatic N) is 1. The number of nitrogens with one attached hydrogen (secondary N) is 1. The van der Waals surface area contributed by atoms with Crippen molar-refractivity contribution in [3.63, 3.8) is 0 Å². The van der Waals surface area contributed by atoms with E-state index in [1.807, 2.05) is 37.8 Å². The van der Waals surface area contributed by atoms with Gasteiger partial charge in [0, 0.05) is 19.1 Å². The van der Waals surface area contributed by atoms with E-state index in [0.717, 1.165) is 44.1 Å². The van der Waals surface area contributed by atoms with Crippen LogP contribution < -0.4 is 5.32 Å². The SMILES string of the molecule is C=CC.CC(C)N(CCNC(=O)C12CCCC1C1CCC3C(C)(CCC4C(C)(C)C(c5ccc(C(=O)O)cc5)=CCC43C)C1CC2)CC(=O)O. The number of carbonyl (C=O) groups is 3. The minimum atomic E-state index is -0.882. The van der Waals surface area contributed by atoms with Gasteiger partial charge in [-0.1, -0.05) is 58.4 Å². The number of amides is 1. The van der Waals surface area contributed by atoms with Gasteiger partial charge >= 0.3 is 11.9 Å². The van der Waals surface area contributed by atoms with Crippen molar-refractivity contribution in [1.82, 2.24) is 10.2 Å². The molecule has 8 unspecified atom stereocenters. The molecule has 1 amide bonds. The van der Waals surface area contributed by atoms with Crippen molar-refractivity contribution in [3.05, 3.63) is 54.1 Å². The summed E-state index contributed by atoms with van der Waals surface area (Å²) in [5.41, 5.74) is 3.08. The molecule has 0 aliphatic heterocycles. The van der Waals surface area contributed by atoms with E-state index in [1.54, 1.807) is 18.2 Å². The number of carboxylic acid groups (broad SMARTS) is 2. The summed E-state index contributed by atoms with van der Waals surface area (Å²) >= 11 is 0. The maximum atomic E-state index is 14.0. The van der Waals surface area contributed by atoms with Crippen LogP contribution in [0.3, 0.4) is 0 Å². The number of hydrogen-bond acceptors (Lipinski definition) is 4. The largest absolute Gasteiger partial charge is 0.480 e. The Morgan fingerprint density at radius 3 is 2.22 bits per heavy atom. The van der Waals surface area contributed by atoms with E-state index in [4.69, 9.17) is 0 Å². The first-order valence-electron chi connectivity index (χ1n) is 19.4. The van der Waals surface area contributed by atoms with Crippen LogP contribution in [0.1, 0.15) is 129 Å². The van der Waals surface area contributed by atoms with E-state index < -0.39 is 11.9 Å². The number of aliphatic carboxylic acids is 1. The van der Waals surface area contributed by atoms with Crippen LogP contribution in [0, 0.1) is 51.2 Å². The molecule has 5 aliphatic carbocycles. The number of hydrogen-bond donors (Lipinski definition) is 3. The Morgan fingerprint density at radius 2 is 1.60 bits per heavy atom. The standard InChI is InChI=1S/C40H58N2O5.C3H6/c1-25(2)42(24-34(43)44)23-22-41-36(47)40-18-7-8-31(40)28-13-14-33-38(5,30(28)16-21-40)20-17-32-37(3,4)29(15-19-39(32,33)6)26-9-11-27(12-10-26)35(45)46;1-3-2/h9-12,15,25,28,30-33H,7-8,13-14,16-24H2,1-6H3,(H,41,47)(H,43,44)(H,45,46);3H,1H2,2H3. The summed E-state index contributed by atoms with van der Waals surface area (Å²) in [5.74, 6) is 1.45. The summed E-state index contributed by atoms with van der Waals surface area (Å²) < 4.78 is 0. The Kier molecular flexibility index (Phi) is 11.2. The number of allylic oxidation sites excluding steroid dienone is 3. The average Bonchev–Trinajstić information content (AvgIpc) is 3.50. The number of fused-ring (bicyclic) bond motifs is 7. The second-order valence-corrected chi connectivity index (χ2v) is 17.7. The van der Waals surface area contributed by atoms with Crippen molar-refractivity contribution in [2.45, 2.75) is 119 Å². The summed E-state index contributed by atoms with van der Waals surface area (Å²) in [7, 11) is 0. The second kappa shape index (κ2) is 14.6. The minimum absolute atomic E-state index is 0.00123. The van der Waals surface area contributed by atoms with Crippen LogP contribution in [0.5, 0.6) is 0 Å². The lowest BCUT2D eigenvalue weighted by molar-refractivity contribution is -0.181. The lowest BCUT2D eigenvalue weighted by Gasteiger charge is -2.68. The molecule has 0 spiro atoms. The van der Waals surface area contributed by atoms with Crippen molar-refractivity contribution < 1.29 is 24.6 Å². The molecule has 5 aliphatic rings. The van der Waals surface area contributed by atoms with Gasteiger partial charge in [0.15, 0.2) is 0 Å². The van der Waals surface area contributed by atoms with Crippen LogP contribution in [-0.4, -0.2) is 58.6 Å². The van der Waals surface area contributed by atoms with Crippen molar-refractivity contribution in [2.75, 3.05) is 19.6 Å². The molecule has 8 atom stereocenters. The molecule has 276 valence electrons. The third-order valence-electron chi connectivity index (χ3n) is 14.7. The zero-order valence-corrected chi connectivity index (χ0v) is 31.9. The van der Waals surface area contributed by atoms with Crippen molar-refractivity contribution in [2.24, 2.45) is 51.2 Å². The first kappa shape index (κ1) is 38.3. The molecule has 6 rings (SSSR count). The van der Waals surface area contributed by atoms with Gasteiger partial charge in [-0.25, -0.2) is 4.79 Å². The molecular formula is C43H64N2O5. The molecule has 4 fully saturated rings. The molecule has 50 heavy (non-hydrogen) atoms. The minimum Gasteiger partial charge on any atom is -0.480 e. The Bertz CT molecular complexity index is 1460. The van der Waals surface area contributed by atoms with E-state index in [-0.39, 0.29) is 40.2 Å². The summed E-state index contributed by atoms with van der Waals surface area (Å²) in [6, 6.07) is 7.60. The normalized spacial score (nSPS) is 35.3. The third-order valence-corrected chi connectivity index (χ3v) is 14.7.